The first-order chi connectivity index (χ1) is 8.99. The van der Waals surface area contributed by atoms with Gasteiger partial charge >= 0.3 is 0 Å². The highest BCUT2D eigenvalue weighted by molar-refractivity contribution is 9.10. The summed E-state index contributed by atoms with van der Waals surface area (Å²) < 4.78 is 0.340. The van der Waals surface area contributed by atoms with Crippen molar-refractivity contribution in [1.82, 2.24) is 4.90 Å². The normalized spacial score (nSPS) is 19.3. The Morgan fingerprint density at radius 2 is 2.26 bits per heavy atom. The van der Waals surface area contributed by atoms with Crippen molar-refractivity contribution in [1.29, 1.82) is 0 Å². The van der Waals surface area contributed by atoms with Crippen LogP contribution in [0.2, 0.25) is 0 Å². The summed E-state index contributed by atoms with van der Waals surface area (Å²) in [7, 11) is 0. The number of hydrogen-bond acceptors (Lipinski definition) is 4. The third-order valence-corrected chi connectivity index (χ3v) is 3.74. The Morgan fingerprint density at radius 1 is 1.53 bits per heavy atom. The van der Waals surface area contributed by atoms with E-state index >= 15 is 0 Å². The highest BCUT2D eigenvalue weighted by Crippen LogP contribution is 2.26. The predicted molar refractivity (Wildman–Crippen MR) is 71.9 cm³/mol. The molecule has 0 aromatic heterocycles. The number of β-amino-alcohol motifs (C(OH)–C–C–N with tert-alkyl or cyclic N) is 1. The minimum Gasteiger partial charge on any atom is -0.391 e. The fourth-order valence-electron chi connectivity index (χ4n) is 2.11. The zero-order chi connectivity index (χ0) is 14.0. The van der Waals surface area contributed by atoms with Gasteiger partial charge in [-0.3, -0.25) is 14.9 Å². The molecule has 1 heterocycles. The minimum absolute atomic E-state index is 0.136. The van der Waals surface area contributed by atoms with Crippen LogP contribution < -0.4 is 0 Å². The van der Waals surface area contributed by atoms with E-state index < -0.39 is 11.0 Å². The van der Waals surface area contributed by atoms with Gasteiger partial charge in [0, 0.05) is 24.7 Å². The van der Waals surface area contributed by atoms with Crippen LogP contribution in [0.15, 0.2) is 22.7 Å². The number of aliphatic hydroxyl groups is 1. The smallest absolute Gasteiger partial charge is 0.284 e. The highest BCUT2D eigenvalue weighted by Gasteiger charge is 2.24. The molecule has 0 unspecified atom stereocenters. The molecular formula is C12H13BrN2O4. The van der Waals surface area contributed by atoms with E-state index in [1.165, 1.54) is 17.0 Å². The molecule has 1 N–H and O–H groups in total. The van der Waals surface area contributed by atoms with Crippen molar-refractivity contribution in [3.63, 3.8) is 0 Å². The Kier molecular flexibility index (Phi) is 4.16. The Bertz CT molecular complexity index is 520. The van der Waals surface area contributed by atoms with Gasteiger partial charge in [0.05, 0.1) is 15.5 Å². The molecule has 1 aliphatic heterocycles. The van der Waals surface area contributed by atoms with Crippen molar-refractivity contribution < 1.29 is 14.8 Å². The summed E-state index contributed by atoms with van der Waals surface area (Å²) in [6.07, 6.45) is 0.915. The summed E-state index contributed by atoms with van der Waals surface area (Å²) in [5, 5.41) is 20.4. The average molecular weight is 329 g/mol. The van der Waals surface area contributed by atoms with Crippen LogP contribution in [-0.2, 0) is 0 Å². The lowest BCUT2D eigenvalue weighted by atomic mass is 10.1. The molecule has 1 aromatic carbocycles. The van der Waals surface area contributed by atoms with E-state index in [2.05, 4.69) is 15.9 Å². The fraction of sp³-hybridized carbons (Fsp3) is 0.417. The summed E-state index contributed by atoms with van der Waals surface area (Å²) in [5.41, 5.74) is 0.132. The molecule has 1 amide bonds. The quantitative estimate of drug-likeness (QED) is 0.664. The second kappa shape index (κ2) is 5.66. The first kappa shape index (κ1) is 14.0. The van der Waals surface area contributed by atoms with Gasteiger partial charge in [-0.05, 0) is 40.9 Å². The number of hydrogen-bond donors (Lipinski definition) is 1. The van der Waals surface area contributed by atoms with E-state index in [4.69, 9.17) is 0 Å². The van der Waals surface area contributed by atoms with Gasteiger partial charge < -0.3 is 10.0 Å². The number of carbonyl (C=O) groups is 1. The lowest BCUT2D eigenvalue weighted by molar-refractivity contribution is -0.385. The van der Waals surface area contributed by atoms with Gasteiger partial charge in [0.1, 0.15) is 0 Å². The van der Waals surface area contributed by atoms with E-state index in [0.29, 0.717) is 17.4 Å². The molecule has 0 bridgehead atoms. The van der Waals surface area contributed by atoms with E-state index in [1.54, 1.807) is 6.07 Å². The summed E-state index contributed by atoms with van der Waals surface area (Å²) in [5.74, 6) is -0.283. The number of nitro benzene ring substituents is 1. The molecule has 1 fully saturated rings. The fourth-order valence-corrected chi connectivity index (χ4v) is 2.50. The van der Waals surface area contributed by atoms with Crippen molar-refractivity contribution in [3.8, 4) is 0 Å². The highest BCUT2D eigenvalue weighted by atomic mass is 79.9. The van der Waals surface area contributed by atoms with Crippen molar-refractivity contribution in [2.75, 3.05) is 13.1 Å². The lowest BCUT2D eigenvalue weighted by Gasteiger charge is -2.30. The molecule has 0 aliphatic carbocycles. The number of aliphatic hydroxyl groups excluding tert-OH is 1. The molecule has 1 aromatic rings. The molecule has 0 radical (unpaired) electrons. The monoisotopic (exact) mass is 328 g/mol. The Hall–Kier alpha value is -1.47. The average Bonchev–Trinajstić information content (AvgIpc) is 2.38. The van der Waals surface area contributed by atoms with Gasteiger partial charge in [-0.15, -0.1) is 0 Å². The number of carbonyl (C=O) groups excluding carboxylic acids is 1. The molecule has 1 atom stereocenters. The number of piperidine rings is 1. The molecule has 1 aliphatic rings. The molecule has 102 valence electrons. The van der Waals surface area contributed by atoms with Gasteiger partial charge in [0.2, 0.25) is 0 Å². The topological polar surface area (TPSA) is 83.7 Å². The summed E-state index contributed by atoms with van der Waals surface area (Å²) in [6.45, 7) is 0.850. The maximum absolute atomic E-state index is 12.2. The summed E-state index contributed by atoms with van der Waals surface area (Å²) in [4.78, 5) is 24.0. The van der Waals surface area contributed by atoms with Crippen LogP contribution in [0.25, 0.3) is 0 Å². The van der Waals surface area contributed by atoms with Crippen LogP contribution in [0.4, 0.5) is 5.69 Å². The van der Waals surface area contributed by atoms with Gasteiger partial charge in [-0.25, -0.2) is 0 Å². The van der Waals surface area contributed by atoms with Crippen molar-refractivity contribution in [2.24, 2.45) is 0 Å². The van der Waals surface area contributed by atoms with Gasteiger partial charge in [-0.2, -0.15) is 0 Å². The molecule has 19 heavy (non-hydrogen) atoms. The van der Waals surface area contributed by atoms with E-state index in [9.17, 15) is 20.0 Å². The summed E-state index contributed by atoms with van der Waals surface area (Å²) >= 11 is 3.08. The Balaban J connectivity index is 2.24. The van der Waals surface area contributed by atoms with Gasteiger partial charge in [0.15, 0.2) is 0 Å². The zero-order valence-electron chi connectivity index (χ0n) is 10.1. The standard InChI is InChI=1S/C12H13BrN2O4/c13-10-4-3-8(6-11(10)15(18)19)12(17)14-5-1-2-9(16)7-14/h3-4,6,9,16H,1-2,5,7H2/t9-/m0/s1. The molecule has 2 rings (SSSR count). The first-order valence-electron chi connectivity index (χ1n) is 5.90. The molecular weight excluding hydrogens is 316 g/mol. The molecule has 6 nitrogen and oxygen atoms in total. The van der Waals surface area contributed by atoms with Crippen LogP contribution in [0.5, 0.6) is 0 Å². The van der Waals surface area contributed by atoms with Crippen LogP contribution in [0, 0.1) is 10.1 Å². The second-order valence-electron chi connectivity index (χ2n) is 4.47. The zero-order valence-corrected chi connectivity index (χ0v) is 11.7. The lowest BCUT2D eigenvalue weighted by Crippen LogP contribution is -2.42. The predicted octanol–water partition coefficient (Wildman–Crippen LogP) is 1.95. The number of halogens is 1. The van der Waals surface area contributed by atoms with Crippen molar-refractivity contribution in [3.05, 3.63) is 38.3 Å². The largest absolute Gasteiger partial charge is 0.391 e. The van der Waals surface area contributed by atoms with E-state index in [1.807, 2.05) is 0 Å². The molecule has 1 saturated heterocycles. The minimum atomic E-state index is -0.536. The number of rotatable bonds is 2. The van der Waals surface area contributed by atoms with Crippen molar-refractivity contribution >= 4 is 27.5 Å². The number of amides is 1. The van der Waals surface area contributed by atoms with Gasteiger partial charge in [-0.1, -0.05) is 0 Å². The molecule has 7 heteroatoms. The maximum atomic E-state index is 12.2. The number of benzene rings is 1. The number of nitro groups is 1. The van der Waals surface area contributed by atoms with E-state index in [0.717, 1.165) is 6.42 Å². The SMILES string of the molecule is O=C(c1ccc(Br)c([N+](=O)[O-])c1)N1CCC[C@H](O)C1. The maximum Gasteiger partial charge on any atom is 0.284 e. The Morgan fingerprint density at radius 3 is 2.89 bits per heavy atom. The van der Waals surface area contributed by atoms with Crippen molar-refractivity contribution in [2.45, 2.75) is 18.9 Å². The van der Waals surface area contributed by atoms with Crippen LogP contribution in [-0.4, -0.2) is 40.0 Å². The third-order valence-electron chi connectivity index (χ3n) is 3.07. The molecule has 0 spiro atoms. The Labute approximate surface area is 118 Å². The second-order valence-corrected chi connectivity index (χ2v) is 5.32. The van der Waals surface area contributed by atoms with E-state index in [-0.39, 0.29) is 23.7 Å². The van der Waals surface area contributed by atoms with Crippen LogP contribution in [0.1, 0.15) is 23.2 Å². The van der Waals surface area contributed by atoms with Crippen LogP contribution >= 0.6 is 15.9 Å². The number of likely N-dealkylation sites (tertiary alicyclic amines) is 1. The number of nitrogens with zero attached hydrogens (tertiary/aromatic N) is 2. The summed E-state index contributed by atoms with van der Waals surface area (Å²) in [6, 6.07) is 4.29. The first-order valence-corrected chi connectivity index (χ1v) is 6.69. The molecule has 0 saturated carbocycles. The third kappa shape index (κ3) is 3.10. The van der Waals surface area contributed by atoms with Gasteiger partial charge in [0.25, 0.3) is 11.6 Å². The van der Waals surface area contributed by atoms with Crippen LogP contribution in [0.3, 0.4) is 0 Å².